The van der Waals surface area contributed by atoms with Gasteiger partial charge in [0.1, 0.15) is 5.65 Å². The first-order valence-corrected chi connectivity index (χ1v) is 20.1. The molecule has 0 atom stereocenters. The Hall–Kier alpha value is -7.88. The van der Waals surface area contributed by atoms with E-state index in [1.54, 1.807) is 0 Å². The number of hydrogen-bond donors (Lipinski definition) is 0. The van der Waals surface area contributed by atoms with E-state index in [9.17, 15) is 0 Å². The minimum Gasteiger partial charge on any atom is -0.299 e. The number of fused-ring (bicyclic) bond motifs is 4. The van der Waals surface area contributed by atoms with Gasteiger partial charge >= 0.3 is 0 Å². The quantitative estimate of drug-likeness (QED) is 0.152. The highest BCUT2D eigenvalue weighted by atomic mass is 15.0. The second kappa shape index (κ2) is 14.6. The Labute approximate surface area is 343 Å². The highest BCUT2D eigenvalue weighted by Crippen LogP contribution is 2.42. The molecule has 8 aromatic carbocycles. The van der Waals surface area contributed by atoms with E-state index in [0.29, 0.717) is 0 Å². The van der Waals surface area contributed by atoms with Crippen LogP contribution in [0.5, 0.6) is 0 Å². The number of rotatable bonds is 7. The molecular formula is C56H37N3. The van der Waals surface area contributed by atoms with Crippen molar-refractivity contribution >= 4 is 27.2 Å². The first-order valence-electron chi connectivity index (χ1n) is 20.1. The van der Waals surface area contributed by atoms with Crippen LogP contribution in [0.2, 0.25) is 0 Å². The van der Waals surface area contributed by atoms with Gasteiger partial charge in [-0.25, -0.2) is 9.97 Å². The van der Waals surface area contributed by atoms with Crippen molar-refractivity contribution in [2.75, 3.05) is 0 Å². The minimum absolute atomic E-state index is 0.923. The summed E-state index contributed by atoms with van der Waals surface area (Å²) in [4.78, 5) is 10.5. The van der Waals surface area contributed by atoms with Crippen LogP contribution in [0.1, 0.15) is 0 Å². The lowest BCUT2D eigenvalue weighted by atomic mass is 9.88. The van der Waals surface area contributed by atoms with Gasteiger partial charge < -0.3 is 0 Å². The van der Waals surface area contributed by atoms with E-state index in [2.05, 4.69) is 217 Å². The molecule has 3 aromatic heterocycles. The molecule has 0 bridgehead atoms. The van der Waals surface area contributed by atoms with Gasteiger partial charge in [0, 0.05) is 34.0 Å². The second-order valence-corrected chi connectivity index (χ2v) is 15.0. The highest BCUT2D eigenvalue weighted by Gasteiger charge is 2.19. The SMILES string of the molecule is c1ccc(-c2ccc(-c3cc(-c4ccc(-c5nc6ccccn6c5-c5ccccc5)cc4)cc(-c4cc5ccccc5c5ccccc45)c3)c(-c3ccccc3)n2)cc1. The van der Waals surface area contributed by atoms with Gasteiger partial charge in [0.25, 0.3) is 0 Å². The fraction of sp³-hybridized carbons (Fsp3) is 0. The summed E-state index contributed by atoms with van der Waals surface area (Å²) in [5.41, 5.74) is 16.0. The van der Waals surface area contributed by atoms with E-state index >= 15 is 0 Å². The molecule has 0 aliphatic heterocycles. The predicted molar refractivity (Wildman–Crippen MR) is 246 cm³/mol. The van der Waals surface area contributed by atoms with Gasteiger partial charge in [-0.1, -0.05) is 176 Å². The van der Waals surface area contributed by atoms with Crippen molar-refractivity contribution in [2.45, 2.75) is 0 Å². The van der Waals surface area contributed by atoms with Gasteiger partial charge in [-0.15, -0.1) is 0 Å². The van der Waals surface area contributed by atoms with Crippen LogP contribution in [0.3, 0.4) is 0 Å². The van der Waals surface area contributed by atoms with E-state index < -0.39 is 0 Å². The lowest BCUT2D eigenvalue weighted by Gasteiger charge is -2.17. The number of pyridine rings is 2. The summed E-state index contributed by atoms with van der Waals surface area (Å²) in [6.07, 6.45) is 2.09. The van der Waals surface area contributed by atoms with Crippen molar-refractivity contribution in [3.8, 4) is 78.4 Å². The molecule has 11 rings (SSSR count). The van der Waals surface area contributed by atoms with Crippen LogP contribution in [0.15, 0.2) is 225 Å². The molecule has 11 aromatic rings. The van der Waals surface area contributed by atoms with Gasteiger partial charge in [-0.05, 0) is 91.8 Å². The minimum atomic E-state index is 0.923. The molecule has 3 heteroatoms. The zero-order chi connectivity index (χ0) is 39.1. The highest BCUT2D eigenvalue weighted by molar-refractivity contribution is 6.14. The molecule has 0 amide bonds. The Kier molecular flexibility index (Phi) is 8.49. The Bertz CT molecular complexity index is 3290. The third-order valence-electron chi connectivity index (χ3n) is 11.4. The third kappa shape index (κ3) is 6.26. The smallest absolute Gasteiger partial charge is 0.137 e. The van der Waals surface area contributed by atoms with E-state index in [0.717, 1.165) is 78.5 Å². The predicted octanol–water partition coefficient (Wildman–Crippen LogP) is 14.7. The normalized spacial score (nSPS) is 11.4. The Morgan fingerprint density at radius 1 is 0.305 bits per heavy atom. The number of benzene rings is 8. The van der Waals surface area contributed by atoms with Crippen LogP contribution in [0, 0.1) is 0 Å². The first kappa shape index (κ1) is 34.4. The molecule has 0 aliphatic carbocycles. The number of imidazole rings is 1. The Morgan fingerprint density at radius 3 is 1.61 bits per heavy atom. The molecule has 0 fully saturated rings. The summed E-state index contributed by atoms with van der Waals surface area (Å²) in [6, 6.07) is 77.9. The van der Waals surface area contributed by atoms with Gasteiger partial charge in [-0.3, -0.25) is 4.40 Å². The average molecular weight is 752 g/mol. The molecule has 0 aliphatic rings. The van der Waals surface area contributed by atoms with Crippen molar-refractivity contribution in [1.82, 2.24) is 14.4 Å². The maximum Gasteiger partial charge on any atom is 0.137 e. The van der Waals surface area contributed by atoms with Crippen molar-refractivity contribution in [3.63, 3.8) is 0 Å². The molecule has 59 heavy (non-hydrogen) atoms. The Morgan fingerprint density at radius 2 is 0.864 bits per heavy atom. The summed E-state index contributed by atoms with van der Waals surface area (Å²) in [5, 5.41) is 4.95. The van der Waals surface area contributed by atoms with E-state index in [1.165, 1.54) is 27.1 Å². The number of hydrogen-bond acceptors (Lipinski definition) is 2. The van der Waals surface area contributed by atoms with Crippen LogP contribution in [-0.4, -0.2) is 14.4 Å². The van der Waals surface area contributed by atoms with Gasteiger partial charge in [0.05, 0.1) is 22.8 Å². The lowest BCUT2D eigenvalue weighted by Crippen LogP contribution is -1.94. The van der Waals surface area contributed by atoms with Gasteiger partial charge in [-0.2, -0.15) is 0 Å². The standard InChI is InChI=1S/C56H37N3/c1-4-16-39(17-5-1)52-32-31-48(54(57-52)40-18-6-2-7-19-40)45-34-44(35-46(36-45)51-37-43-22-10-11-23-47(43)49-24-12-13-25-50(49)51)38-27-29-41(30-28-38)55-56(42-20-8-3-9-21-42)59-33-15-14-26-53(59)58-55/h1-37H. The summed E-state index contributed by atoms with van der Waals surface area (Å²) in [7, 11) is 0. The monoisotopic (exact) mass is 751 g/mol. The molecule has 0 saturated carbocycles. The fourth-order valence-electron chi connectivity index (χ4n) is 8.57. The molecule has 0 unspecified atom stereocenters. The molecule has 0 N–H and O–H groups in total. The van der Waals surface area contributed by atoms with Crippen LogP contribution in [0.4, 0.5) is 0 Å². The largest absolute Gasteiger partial charge is 0.299 e. The third-order valence-corrected chi connectivity index (χ3v) is 11.4. The molecule has 0 spiro atoms. The Balaban J connectivity index is 1.12. The molecule has 0 radical (unpaired) electrons. The second-order valence-electron chi connectivity index (χ2n) is 15.0. The van der Waals surface area contributed by atoms with Crippen LogP contribution in [0.25, 0.3) is 106 Å². The molecule has 3 nitrogen and oxygen atoms in total. The van der Waals surface area contributed by atoms with Crippen molar-refractivity contribution in [2.24, 2.45) is 0 Å². The van der Waals surface area contributed by atoms with Crippen molar-refractivity contribution in [1.29, 1.82) is 0 Å². The van der Waals surface area contributed by atoms with Crippen LogP contribution >= 0.6 is 0 Å². The fourth-order valence-corrected chi connectivity index (χ4v) is 8.57. The maximum atomic E-state index is 5.37. The first-order chi connectivity index (χ1) is 29.2. The van der Waals surface area contributed by atoms with E-state index in [1.807, 2.05) is 12.1 Å². The maximum absolute atomic E-state index is 5.37. The average Bonchev–Trinajstić information content (AvgIpc) is 3.72. The number of aromatic nitrogens is 3. The van der Waals surface area contributed by atoms with Gasteiger partial charge in [0.15, 0.2) is 0 Å². The summed E-state index contributed by atoms with van der Waals surface area (Å²) < 4.78 is 2.18. The van der Waals surface area contributed by atoms with Crippen molar-refractivity contribution < 1.29 is 0 Å². The van der Waals surface area contributed by atoms with Crippen LogP contribution in [-0.2, 0) is 0 Å². The molecule has 3 heterocycles. The molecular weight excluding hydrogens is 715 g/mol. The zero-order valence-electron chi connectivity index (χ0n) is 32.2. The lowest BCUT2D eigenvalue weighted by molar-refractivity contribution is 1.19. The molecule has 276 valence electrons. The van der Waals surface area contributed by atoms with Crippen molar-refractivity contribution in [3.05, 3.63) is 225 Å². The zero-order valence-corrected chi connectivity index (χ0v) is 32.2. The molecule has 0 saturated heterocycles. The summed E-state index contributed by atoms with van der Waals surface area (Å²) in [5.74, 6) is 0. The summed E-state index contributed by atoms with van der Waals surface area (Å²) >= 11 is 0. The van der Waals surface area contributed by atoms with E-state index in [4.69, 9.17) is 9.97 Å². The van der Waals surface area contributed by atoms with Gasteiger partial charge in [0.2, 0.25) is 0 Å². The summed E-state index contributed by atoms with van der Waals surface area (Å²) in [6.45, 7) is 0. The topological polar surface area (TPSA) is 30.2 Å². The van der Waals surface area contributed by atoms with E-state index in [-0.39, 0.29) is 0 Å². The van der Waals surface area contributed by atoms with Crippen LogP contribution < -0.4 is 0 Å². The number of nitrogens with zero attached hydrogens (tertiary/aromatic N) is 3.